The predicted octanol–water partition coefficient (Wildman–Crippen LogP) is 0.556. The molecule has 0 N–H and O–H groups in total. The Kier molecular flexibility index (Phi) is 3.26. The Labute approximate surface area is 109 Å². The molecule has 3 aromatic rings. The fourth-order valence-electron chi connectivity index (χ4n) is 1.83. The zero-order valence-corrected chi connectivity index (χ0v) is 10.3. The first-order valence-electron chi connectivity index (χ1n) is 6.04. The van der Waals surface area contributed by atoms with E-state index >= 15 is 0 Å². The monoisotopic (exact) mass is 255 g/mol. The van der Waals surface area contributed by atoms with E-state index in [0.717, 1.165) is 18.7 Å². The quantitative estimate of drug-likeness (QED) is 0.665. The third-order valence-corrected chi connectivity index (χ3v) is 2.77. The molecule has 0 aliphatic rings. The van der Waals surface area contributed by atoms with Gasteiger partial charge >= 0.3 is 0 Å². The number of hydrogen-bond acceptors (Lipinski definition) is 5. The van der Waals surface area contributed by atoms with Crippen molar-refractivity contribution in [3.05, 3.63) is 54.1 Å². The molecule has 96 valence electrons. The second-order valence-corrected chi connectivity index (χ2v) is 4.22. The maximum atomic E-state index is 4.10. The lowest BCUT2D eigenvalue weighted by atomic mass is 10.1. The largest absolute Gasteiger partial charge is 0.252 e. The molecule has 2 heterocycles. The number of benzene rings is 1. The second kappa shape index (κ2) is 5.38. The summed E-state index contributed by atoms with van der Waals surface area (Å²) in [4.78, 5) is 0. The standard InChI is InChI=1S/C12H13N7/c1-2-4-11(5-3-1)6-7-18-8-12(14-16-18)9-19-10-13-15-17-19/h1-5,8,10H,6-7,9H2. The fraction of sp³-hybridized carbons (Fsp3) is 0.250. The molecule has 1 aromatic carbocycles. The SMILES string of the molecule is c1ccc(CCn2cc(Cn3cnnn3)nn2)cc1. The fourth-order valence-corrected chi connectivity index (χ4v) is 1.83. The Morgan fingerprint density at radius 2 is 1.89 bits per heavy atom. The topological polar surface area (TPSA) is 74.3 Å². The van der Waals surface area contributed by atoms with Gasteiger partial charge in [-0.05, 0) is 22.4 Å². The minimum absolute atomic E-state index is 0.540. The number of tetrazole rings is 1. The van der Waals surface area contributed by atoms with Gasteiger partial charge in [0.1, 0.15) is 12.0 Å². The van der Waals surface area contributed by atoms with E-state index in [2.05, 4.69) is 38.0 Å². The molecule has 0 radical (unpaired) electrons. The molecule has 0 unspecified atom stereocenters. The average molecular weight is 255 g/mol. The van der Waals surface area contributed by atoms with Crippen molar-refractivity contribution in [1.29, 1.82) is 0 Å². The molecule has 0 saturated heterocycles. The molecule has 0 atom stereocenters. The van der Waals surface area contributed by atoms with Crippen molar-refractivity contribution >= 4 is 0 Å². The lowest BCUT2D eigenvalue weighted by molar-refractivity contribution is 0.588. The molecule has 19 heavy (non-hydrogen) atoms. The lowest BCUT2D eigenvalue weighted by Gasteiger charge is -2.00. The van der Waals surface area contributed by atoms with E-state index in [4.69, 9.17) is 0 Å². The molecule has 0 spiro atoms. The number of rotatable bonds is 5. The maximum Gasteiger partial charge on any atom is 0.138 e. The summed E-state index contributed by atoms with van der Waals surface area (Å²) in [5.41, 5.74) is 2.14. The highest BCUT2D eigenvalue weighted by molar-refractivity contribution is 5.14. The Hall–Kier alpha value is -2.57. The molecule has 0 fully saturated rings. The zero-order valence-electron chi connectivity index (χ0n) is 10.3. The summed E-state index contributed by atoms with van der Waals surface area (Å²) in [5, 5.41) is 19.1. The van der Waals surface area contributed by atoms with Crippen molar-refractivity contribution in [3.8, 4) is 0 Å². The highest BCUT2D eigenvalue weighted by atomic mass is 15.5. The van der Waals surface area contributed by atoms with E-state index in [1.807, 2.05) is 29.1 Å². The zero-order chi connectivity index (χ0) is 12.9. The number of aryl methyl sites for hydroxylation is 2. The van der Waals surface area contributed by atoms with E-state index in [1.54, 1.807) is 11.0 Å². The van der Waals surface area contributed by atoms with Crippen LogP contribution in [0, 0.1) is 0 Å². The van der Waals surface area contributed by atoms with Gasteiger partial charge in [-0.25, -0.2) is 4.68 Å². The summed E-state index contributed by atoms with van der Waals surface area (Å²) in [6.07, 6.45) is 4.42. The van der Waals surface area contributed by atoms with Gasteiger partial charge in [-0.1, -0.05) is 35.5 Å². The Morgan fingerprint density at radius 1 is 1.00 bits per heavy atom. The van der Waals surface area contributed by atoms with Gasteiger partial charge in [0.05, 0.1) is 12.7 Å². The van der Waals surface area contributed by atoms with Gasteiger partial charge in [0.2, 0.25) is 0 Å². The highest BCUT2D eigenvalue weighted by Gasteiger charge is 2.03. The molecule has 2 aromatic heterocycles. The molecule has 3 rings (SSSR count). The molecular formula is C12H13N7. The molecule has 7 nitrogen and oxygen atoms in total. The molecule has 0 aliphatic carbocycles. The number of nitrogens with zero attached hydrogens (tertiary/aromatic N) is 7. The predicted molar refractivity (Wildman–Crippen MR) is 67.1 cm³/mol. The first kappa shape index (κ1) is 11.5. The third-order valence-electron chi connectivity index (χ3n) is 2.77. The van der Waals surface area contributed by atoms with E-state index in [0.29, 0.717) is 6.54 Å². The van der Waals surface area contributed by atoms with Gasteiger partial charge in [-0.15, -0.1) is 10.2 Å². The summed E-state index contributed by atoms with van der Waals surface area (Å²) in [5.74, 6) is 0. The van der Waals surface area contributed by atoms with Crippen LogP contribution in [0.25, 0.3) is 0 Å². The normalized spacial score (nSPS) is 10.7. The van der Waals surface area contributed by atoms with Gasteiger partial charge in [-0.3, -0.25) is 4.68 Å². The van der Waals surface area contributed by atoms with Crippen LogP contribution >= 0.6 is 0 Å². The lowest BCUT2D eigenvalue weighted by Crippen LogP contribution is -2.02. The molecule has 0 saturated carbocycles. The number of hydrogen-bond donors (Lipinski definition) is 0. The Morgan fingerprint density at radius 3 is 2.68 bits per heavy atom. The van der Waals surface area contributed by atoms with Crippen molar-refractivity contribution in [2.75, 3.05) is 0 Å². The van der Waals surface area contributed by atoms with E-state index in [1.165, 1.54) is 5.56 Å². The van der Waals surface area contributed by atoms with Crippen LogP contribution in [0.5, 0.6) is 0 Å². The Bertz CT molecular complexity index is 615. The van der Waals surface area contributed by atoms with Crippen LogP contribution in [0.4, 0.5) is 0 Å². The minimum atomic E-state index is 0.540. The molecule has 0 aliphatic heterocycles. The molecule has 0 amide bonds. The summed E-state index contributed by atoms with van der Waals surface area (Å²) in [6, 6.07) is 10.3. The first-order valence-corrected chi connectivity index (χ1v) is 6.04. The Balaban J connectivity index is 1.59. The molecule has 0 bridgehead atoms. The van der Waals surface area contributed by atoms with E-state index in [-0.39, 0.29) is 0 Å². The van der Waals surface area contributed by atoms with Crippen molar-refractivity contribution < 1.29 is 0 Å². The van der Waals surface area contributed by atoms with Crippen LogP contribution in [0.3, 0.4) is 0 Å². The average Bonchev–Trinajstić information content (AvgIpc) is 3.10. The first-order chi connectivity index (χ1) is 9.40. The van der Waals surface area contributed by atoms with Crippen molar-refractivity contribution in [2.24, 2.45) is 0 Å². The molecule has 7 heteroatoms. The molecular weight excluding hydrogens is 242 g/mol. The van der Waals surface area contributed by atoms with Gasteiger partial charge in [0.25, 0.3) is 0 Å². The highest BCUT2D eigenvalue weighted by Crippen LogP contribution is 2.02. The van der Waals surface area contributed by atoms with Crippen molar-refractivity contribution in [3.63, 3.8) is 0 Å². The number of aromatic nitrogens is 7. The van der Waals surface area contributed by atoms with Gasteiger partial charge in [0.15, 0.2) is 0 Å². The van der Waals surface area contributed by atoms with E-state index < -0.39 is 0 Å². The van der Waals surface area contributed by atoms with Crippen molar-refractivity contribution in [1.82, 2.24) is 35.2 Å². The summed E-state index contributed by atoms with van der Waals surface area (Å²) in [7, 11) is 0. The van der Waals surface area contributed by atoms with Gasteiger partial charge in [-0.2, -0.15) is 0 Å². The summed E-state index contributed by atoms with van der Waals surface area (Å²) in [6.45, 7) is 1.35. The van der Waals surface area contributed by atoms with Gasteiger partial charge < -0.3 is 0 Å². The summed E-state index contributed by atoms with van der Waals surface area (Å²) < 4.78 is 3.46. The van der Waals surface area contributed by atoms with Crippen LogP contribution in [0.1, 0.15) is 11.3 Å². The van der Waals surface area contributed by atoms with E-state index in [9.17, 15) is 0 Å². The smallest absolute Gasteiger partial charge is 0.138 e. The van der Waals surface area contributed by atoms with Crippen LogP contribution in [0.15, 0.2) is 42.9 Å². The maximum absolute atomic E-state index is 4.10. The summed E-state index contributed by atoms with van der Waals surface area (Å²) >= 11 is 0. The van der Waals surface area contributed by atoms with Crippen LogP contribution in [0.2, 0.25) is 0 Å². The van der Waals surface area contributed by atoms with Gasteiger partial charge in [0, 0.05) is 6.54 Å². The third kappa shape index (κ3) is 3.01. The van der Waals surface area contributed by atoms with Crippen molar-refractivity contribution in [2.45, 2.75) is 19.5 Å². The van der Waals surface area contributed by atoms with Crippen LogP contribution in [-0.2, 0) is 19.5 Å². The second-order valence-electron chi connectivity index (χ2n) is 4.22. The van der Waals surface area contributed by atoms with Crippen LogP contribution in [-0.4, -0.2) is 35.2 Å². The minimum Gasteiger partial charge on any atom is -0.252 e. The van der Waals surface area contributed by atoms with Crippen LogP contribution < -0.4 is 0 Å².